The number of nitrogens with one attached hydrogen (secondary N) is 1. The highest BCUT2D eigenvalue weighted by atomic mass is 15.0. The monoisotopic (exact) mass is 200 g/mol. The van der Waals surface area contributed by atoms with Crippen LogP contribution in [0, 0.1) is 0 Å². The van der Waals surface area contributed by atoms with Crippen LogP contribution in [0.5, 0.6) is 0 Å². The average Bonchev–Trinajstić information content (AvgIpc) is 2.59. The zero-order valence-corrected chi connectivity index (χ0v) is 8.49. The lowest BCUT2D eigenvalue weighted by Gasteiger charge is -2.04. The number of nitrogens with two attached hydrogens (primary N) is 1. The van der Waals surface area contributed by atoms with E-state index in [2.05, 4.69) is 22.2 Å². The van der Waals surface area contributed by atoms with Gasteiger partial charge in [0.2, 0.25) is 0 Å². The molecule has 2 aromatic rings. The fourth-order valence-corrected chi connectivity index (χ4v) is 2.14. The molecule has 0 aromatic carbocycles. The van der Waals surface area contributed by atoms with Crippen LogP contribution in [0.1, 0.15) is 12.5 Å². The summed E-state index contributed by atoms with van der Waals surface area (Å²) in [6.45, 7) is 2.15. The maximum absolute atomic E-state index is 5.81. The molecule has 4 nitrogen and oxygen atoms in total. The number of nitrogen functional groups attached to an aromatic ring is 1. The number of fused-ring (bicyclic) bond motifs is 3. The number of hydrogen-bond acceptors (Lipinski definition) is 4. The Balaban J connectivity index is 2.36. The summed E-state index contributed by atoms with van der Waals surface area (Å²) in [6.07, 6.45) is 4.55. The van der Waals surface area contributed by atoms with Gasteiger partial charge in [0.25, 0.3) is 0 Å². The molecule has 0 fully saturated rings. The van der Waals surface area contributed by atoms with E-state index in [0.717, 1.165) is 17.6 Å². The topological polar surface area (TPSA) is 63.8 Å². The summed E-state index contributed by atoms with van der Waals surface area (Å²) in [6, 6.07) is 2.46. The Kier molecular flexibility index (Phi) is 1.59. The molecule has 0 unspecified atom stereocenters. The molecule has 0 saturated carbocycles. The van der Waals surface area contributed by atoms with Gasteiger partial charge < -0.3 is 11.1 Å². The van der Waals surface area contributed by atoms with Gasteiger partial charge in [0.15, 0.2) is 0 Å². The number of pyridine rings is 2. The van der Waals surface area contributed by atoms with Crippen molar-refractivity contribution in [1.82, 2.24) is 9.97 Å². The van der Waals surface area contributed by atoms with Crippen molar-refractivity contribution in [3.05, 3.63) is 24.0 Å². The first-order valence-electron chi connectivity index (χ1n) is 5.04. The van der Waals surface area contributed by atoms with Crippen molar-refractivity contribution in [2.75, 3.05) is 11.1 Å². The second-order valence-corrected chi connectivity index (χ2v) is 3.99. The maximum Gasteiger partial charge on any atom is 0.132 e. The number of nitrogens with zero attached hydrogens (tertiary/aromatic N) is 2. The first-order valence-corrected chi connectivity index (χ1v) is 5.04. The minimum absolute atomic E-state index is 0.451. The zero-order chi connectivity index (χ0) is 10.4. The molecule has 15 heavy (non-hydrogen) atoms. The van der Waals surface area contributed by atoms with Gasteiger partial charge in [-0.2, -0.15) is 0 Å². The van der Waals surface area contributed by atoms with Crippen LogP contribution in [0.25, 0.3) is 10.8 Å². The molecular weight excluding hydrogens is 188 g/mol. The Bertz CT molecular complexity index is 535. The molecule has 1 atom stereocenters. The number of aromatic nitrogens is 2. The molecule has 1 aliphatic heterocycles. The third-order valence-corrected chi connectivity index (χ3v) is 2.85. The molecule has 76 valence electrons. The van der Waals surface area contributed by atoms with E-state index in [1.807, 2.05) is 6.07 Å². The van der Waals surface area contributed by atoms with Gasteiger partial charge >= 0.3 is 0 Å². The Morgan fingerprint density at radius 3 is 3.13 bits per heavy atom. The first-order chi connectivity index (χ1) is 7.25. The van der Waals surface area contributed by atoms with E-state index in [9.17, 15) is 0 Å². The molecule has 3 N–H and O–H groups in total. The molecule has 0 amide bonds. The molecule has 3 rings (SSSR count). The number of hydrogen-bond donors (Lipinski definition) is 2. The molecule has 2 aromatic heterocycles. The fourth-order valence-electron chi connectivity index (χ4n) is 2.14. The van der Waals surface area contributed by atoms with E-state index in [1.165, 1.54) is 10.9 Å². The predicted molar refractivity (Wildman–Crippen MR) is 60.7 cm³/mol. The third-order valence-electron chi connectivity index (χ3n) is 2.85. The lowest BCUT2D eigenvalue weighted by molar-refractivity contribution is 0.841. The van der Waals surface area contributed by atoms with Crippen molar-refractivity contribution >= 4 is 22.4 Å². The van der Waals surface area contributed by atoms with Crippen molar-refractivity contribution in [2.24, 2.45) is 0 Å². The molecule has 4 heteroatoms. The van der Waals surface area contributed by atoms with Crippen molar-refractivity contribution in [1.29, 1.82) is 0 Å². The predicted octanol–water partition coefficient (Wildman–Crippen LogP) is 1.57. The van der Waals surface area contributed by atoms with E-state index in [4.69, 9.17) is 5.73 Å². The van der Waals surface area contributed by atoms with Crippen LogP contribution in [0.2, 0.25) is 0 Å². The van der Waals surface area contributed by atoms with Crippen molar-refractivity contribution < 1.29 is 0 Å². The van der Waals surface area contributed by atoms with Gasteiger partial charge in [-0.25, -0.2) is 9.97 Å². The zero-order valence-electron chi connectivity index (χ0n) is 8.49. The molecule has 0 spiro atoms. The number of anilines is 2. The molecule has 0 saturated heterocycles. The highest BCUT2D eigenvalue weighted by Gasteiger charge is 2.20. The van der Waals surface area contributed by atoms with Gasteiger partial charge in [-0.3, -0.25) is 0 Å². The fraction of sp³-hybridized carbons (Fsp3) is 0.273. The van der Waals surface area contributed by atoms with E-state index < -0.39 is 0 Å². The summed E-state index contributed by atoms with van der Waals surface area (Å²) in [4.78, 5) is 8.44. The van der Waals surface area contributed by atoms with E-state index in [1.54, 1.807) is 12.4 Å². The van der Waals surface area contributed by atoms with E-state index in [-0.39, 0.29) is 0 Å². The van der Waals surface area contributed by atoms with Gasteiger partial charge in [0.05, 0.1) is 0 Å². The minimum atomic E-state index is 0.451. The Morgan fingerprint density at radius 1 is 1.40 bits per heavy atom. The molecule has 1 aliphatic rings. The quantitative estimate of drug-likeness (QED) is 0.677. The van der Waals surface area contributed by atoms with Crippen LogP contribution < -0.4 is 11.1 Å². The summed E-state index contributed by atoms with van der Waals surface area (Å²) >= 11 is 0. The summed E-state index contributed by atoms with van der Waals surface area (Å²) < 4.78 is 0. The van der Waals surface area contributed by atoms with Crippen molar-refractivity contribution in [3.63, 3.8) is 0 Å². The molecule has 3 heterocycles. The second kappa shape index (κ2) is 2.82. The standard InChI is InChI=1S/C11H12N4/c1-6-4-8-7-2-3-13-10(12)9(7)5-14-11(8)15-6/h2-3,5-6H,4H2,1H3,(H2,12,13)(H,14,15)/t6-/m1/s1. The van der Waals surface area contributed by atoms with Gasteiger partial charge in [0, 0.05) is 29.4 Å². The highest BCUT2D eigenvalue weighted by molar-refractivity contribution is 5.95. The van der Waals surface area contributed by atoms with Crippen LogP contribution in [0.4, 0.5) is 11.6 Å². The summed E-state index contributed by atoms with van der Waals surface area (Å²) in [5.41, 5.74) is 7.07. The van der Waals surface area contributed by atoms with Crippen molar-refractivity contribution in [2.45, 2.75) is 19.4 Å². The Morgan fingerprint density at radius 2 is 2.27 bits per heavy atom. The van der Waals surface area contributed by atoms with Gasteiger partial charge in [0.1, 0.15) is 11.6 Å². The van der Waals surface area contributed by atoms with Crippen LogP contribution in [0.15, 0.2) is 18.5 Å². The lowest BCUT2D eigenvalue weighted by Crippen LogP contribution is -2.08. The Labute approximate surface area is 87.5 Å². The van der Waals surface area contributed by atoms with Gasteiger partial charge in [-0.05, 0) is 24.8 Å². The van der Waals surface area contributed by atoms with E-state index in [0.29, 0.717) is 11.9 Å². The van der Waals surface area contributed by atoms with Crippen LogP contribution in [-0.4, -0.2) is 16.0 Å². The first kappa shape index (κ1) is 8.47. The average molecular weight is 200 g/mol. The lowest BCUT2D eigenvalue weighted by atomic mass is 10.1. The Hall–Kier alpha value is -1.84. The summed E-state index contributed by atoms with van der Waals surface area (Å²) in [7, 11) is 0. The molecule has 0 aliphatic carbocycles. The molecular formula is C11H12N4. The maximum atomic E-state index is 5.81. The minimum Gasteiger partial charge on any atom is -0.383 e. The summed E-state index contributed by atoms with van der Waals surface area (Å²) in [5, 5.41) is 5.46. The van der Waals surface area contributed by atoms with Gasteiger partial charge in [-0.1, -0.05) is 0 Å². The smallest absolute Gasteiger partial charge is 0.132 e. The highest BCUT2D eigenvalue weighted by Crippen LogP contribution is 2.31. The SMILES string of the molecule is C[C@@H]1Cc2c(ncc3c(N)nccc23)N1. The second-order valence-electron chi connectivity index (χ2n) is 3.99. The van der Waals surface area contributed by atoms with Gasteiger partial charge in [-0.15, -0.1) is 0 Å². The third kappa shape index (κ3) is 1.14. The van der Waals surface area contributed by atoms with Crippen LogP contribution >= 0.6 is 0 Å². The van der Waals surface area contributed by atoms with E-state index >= 15 is 0 Å². The molecule has 0 bridgehead atoms. The van der Waals surface area contributed by atoms with Crippen molar-refractivity contribution in [3.8, 4) is 0 Å². The largest absolute Gasteiger partial charge is 0.383 e. The normalized spacial score (nSPS) is 18.9. The van der Waals surface area contributed by atoms with Crippen LogP contribution in [-0.2, 0) is 6.42 Å². The summed E-state index contributed by atoms with van der Waals surface area (Å²) in [5.74, 6) is 1.54. The van der Waals surface area contributed by atoms with Crippen LogP contribution in [0.3, 0.4) is 0 Å². The number of rotatable bonds is 0. The molecule has 0 radical (unpaired) electrons.